The summed E-state index contributed by atoms with van der Waals surface area (Å²) in [6, 6.07) is 11.3. The summed E-state index contributed by atoms with van der Waals surface area (Å²) in [5.41, 5.74) is 0.880. The molecule has 0 aromatic heterocycles. The molecule has 0 unspecified atom stereocenters. The van der Waals surface area contributed by atoms with Crippen LogP contribution in [0.4, 0.5) is 5.69 Å². The number of esters is 1. The zero-order valence-electron chi connectivity index (χ0n) is 14.7. The Kier molecular flexibility index (Phi) is 6.32. The summed E-state index contributed by atoms with van der Waals surface area (Å²) in [7, 11) is 2.85. The van der Waals surface area contributed by atoms with Gasteiger partial charge in [-0.15, -0.1) is 0 Å². The predicted molar refractivity (Wildman–Crippen MR) is 94.9 cm³/mol. The van der Waals surface area contributed by atoms with Crippen molar-refractivity contribution in [3.63, 3.8) is 0 Å². The van der Waals surface area contributed by atoms with Gasteiger partial charge in [0, 0.05) is 5.56 Å². The van der Waals surface area contributed by atoms with Crippen molar-refractivity contribution in [3.05, 3.63) is 53.6 Å². The van der Waals surface area contributed by atoms with E-state index in [9.17, 15) is 14.4 Å². The van der Waals surface area contributed by atoms with Crippen LogP contribution in [0.15, 0.2) is 42.5 Å². The molecule has 0 aliphatic carbocycles. The zero-order valence-corrected chi connectivity index (χ0v) is 14.7. The van der Waals surface area contributed by atoms with E-state index in [1.807, 2.05) is 0 Å². The third-order valence-electron chi connectivity index (χ3n) is 3.54. The Balaban J connectivity index is 2.04. The fourth-order valence-electron chi connectivity index (χ4n) is 2.34. The molecule has 0 radical (unpaired) electrons. The minimum atomic E-state index is -0.726. The van der Waals surface area contributed by atoms with E-state index < -0.39 is 18.5 Å². The first-order valence-corrected chi connectivity index (χ1v) is 7.75. The Morgan fingerprint density at radius 2 is 1.62 bits per heavy atom. The Bertz CT molecular complexity index is 831. The molecule has 0 saturated heterocycles. The number of carbonyl (C=O) groups excluding carboxylic acids is 3. The lowest BCUT2D eigenvalue weighted by atomic mass is 10.1. The molecule has 26 heavy (non-hydrogen) atoms. The van der Waals surface area contributed by atoms with Gasteiger partial charge in [0.2, 0.25) is 0 Å². The van der Waals surface area contributed by atoms with E-state index in [4.69, 9.17) is 14.2 Å². The summed E-state index contributed by atoms with van der Waals surface area (Å²) in [4.78, 5) is 35.8. The molecule has 1 N–H and O–H groups in total. The van der Waals surface area contributed by atoms with Crippen LogP contribution < -0.4 is 14.8 Å². The highest BCUT2D eigenvalue weighted by Crippen LogP contribution is 2.31. The molecule has 0 saturated carbocycles. The summed E-state index contributed by atoms with van der Waals surface area (Å²) in [6.45, 7) is 0.894. The molecule has 136 valence electrons. The number of para-hydroxylation sites is 2. The van der Waals surface area contributed by atoms with Gasteiger partial charge in [0.15, 0.2) is 23.9 Å². The van der Waals surface area contributed by atoms with Gasteiger partial charge in [-0.2, -0.15) is 0 Å². The van der Waals surface area contributed by atoms with Gasteiger partial charge >= 0.3 is 5.97 Å². The number of hydrogen-bond acceptors (Lipinski definition) is 6. The number of ether oxygens (including phenoxy) is 3. The minimum Gasteiger partial charge on any atom is -0.493 e. The molecule has 2 aromatic carbocycles. The van der Waals surface area contributed by atoms with E-state index in [1.165, 1.54) is 27.2 Å². The zero-order chi connectivity index (χ0) is 19.1. The molecule has 7 nitrogen and oxygen atoms in total. The van der Waals surface area contributed by atoms with E-state index in [0.717, 1.165) is 0 Å². The van der Waals surface area contributed by atoms with Gasteiger partial charge in [-0.3, -0.25) is 9.59 Å². The van der Waals surface area contributed by atoms with Crippen LogP contribution in [0.2, 0.25) is 0 Å². The fourth-order valence-corrected chi connectivity index (χ4v) is 2.34. The molecular weight excluding hydrogens is 338 g/mol. The largest absolute Gasteiger partial charge is 0.493 e. The Hall–Kier alpha value is -3.35. The lowest BCUT2D eigenvalue weighted by Gasteiger charge is -2.12. The van der Waals surface area contributed by atoms with Crippen LogP contribution in [0.1, 0.15) is 27.6 Å². The number of benzene rings is 2. The van der Waals surface area contributed by atoms with Crippen LogP contribution in [0, 0.1) is 0 Å². The van der Waals surface area contributed by atoms with Crippen LogP contribution in [0.3, 0.4) is 0 Å². The van der Waals surface area contributed by atoms with Gasteiger partial charge in [0.05, 0.1) is 19.9 Å². The summed E-state index contributed by atoms with van der Waals surface area (Å²) in [5.74, 6) is -0.868. The van der Waals surface area contributed by atoms with Crippen LogP contribution in [-0.2, 0) is 9.53 Å². The first-order chi connectivity index (χ1) is 12.5. The van der Waals surface area contributed by atoms with Crippen LogP contribution in [0.5, 0.6) is 11.5 Å². The summed E-state index contributed by atoms with van der Waals surface area (Å²) < 4.78 is 15.3. The number of ketones is 1. The van der Waals surface area contributed by atoms with Crippen LogP contribution in [-0.4, -0.2) is 38.5 Å². The Morgan fingerprint density at radius 3 is 2.27 bits per heavy atom. The average molecular weight is 357 g/mol. The number of carbonyl (C=O) groups is 3. The minimum absolute atomic E-state index is 0.142. The molecule has 2 aromatic rings. The molecule has 2 rings (SSSR count). The maximum absolute atomic E-state index is 12.2. The van der Waals surface area contributed by atoms with Crippen molar-refractivity contribution in [1.29, 1.82) is 0 Å². The first-order valence-electron chi connectivity index (χ1n) is 7.75. The highest BCUT2D eigenvalue weighted by molar-refractivity contribution is 6.04. The van der Waals surface area contributed by atoms with Crippen molar-refractivity contribution in [2.45, 2.75) is 6.92 Å². The number of Topliss-reactive ketones (excluding diaryl/α,β-unsaturated/α-hetero) is 1. The SMILES string of the molecule is COc1cccc(C(=O)OCC(=O)Nc2ccccc2C(C)=O)c1OC. The van der Waals surface area contributed by atoms with Crippen molar-refractivity contribution < 1.29 is 28.6 Å². The van der Waals surface area contributed by atoms with E-state index in [0.29, 0.717) is 17.0 Å². The van der Waals surface area contributed by atoms with Crippen LogP contribution >= 0.6 is 0 Å². The molecule has 7 heteroatoms. The molecule has 0 fully saturated rings. The van der Waals surface area contributed by atoms with Crippen molar-refractivity contribution in [3.8, 4) is 11.5 Å². The predicted octanol–water partition coefficient (Wildman–Crippen LogP) is 2.70. The number of rotatable bonds is 7. The molecule has 0 spiro atoms. The molecule has 0 bridgehead atoms. The number of hydrogen-bond donors (Lipinski definition) is 1. The molecule has 0 heterocycles. The second kappa shape index (κ2) is 8.66. The fraction of sp³-hybridized carbons (Fsp3) is 0.211. The Morgan fingerprint density at radius 1 is 0.923 bits per heavy atom. The average Bonchev–Trinajstić information content (AvgIpc) is 2.65. The van der Waals surface area contributed by atoms with Gasteiger partial charge < -0.3 is 19.5 Å². The number of nitrogens with one attached hydrogen (secondary N) is 1. The van der Waals surface area contributed by atoms with Crippen LogP contribution in [0.25, 0.3) is 0 Å². The second-order valence-electron chi connectivity index (χ2n) is 5.27. The van der Waals surface area contributed by atoms with Crippen molar-refractivity contribution >= 4 is 23.3 Å². The molecule has 0 aliphatic rings. The second-order valence-corrected chi connectivity index (χ2v) is 5.27. The number of amides is 1. The number of methoxy groups -OCH3 is 2. The highest BCUT2D eigenvalue weighted by atomic mass is 16.5. The Labute approximate surface area is 150 Å². The first kappa shape index (κ1) is 19.0. The van der Waals surface area contributed by atoms with Gasteiger partial charge in [0.25, 0.3) is 5.91 Å². The maximum atomic E-state index is 12.2. The normalized spacial score (nSPS) is 9.96. The summed E-state index contributed by atoms with van der Waals surface area (Å²) in [6.07, 6.45) is 0. The highest BCUT2D eigenvalue weighted by Gasteiger charge is 2.19. The quantitative estimate of drug-likeness (QED) is 0.605. The smallest absolute Gasteiger partial charge is 0.342 e. The standard InChI is InChI=1S/C19H19NO6/c1-12(21)13-7-4-5-9-15(13)20-17(22)11-26-19(23)14-8-6-10-16(24-2)18(14)25-3/h4-10H,11H2,1-3H3,(H,20,22). The molecule has 1 amide bonds. The molecule has 0 aliphatic heterocycles. The van der Waals surface area contributed by atoms with E-state index in [2.05, 4.69) is 5.32 Å². The third-order valence-corrected chi connectivity index (χ3v) is 3.54. The van der Waals surface area contributed by atoms with Gasteiger partial charge in [0.1, 0.15) is 5.56 Å². The summed E-state index contributed by atoms with van der Waals surface area (Å²) in [5, 5.41) is 2.56. The van der Waals surface area contributed by atoms with E-state index in [-0.39, 0.29) is 17.1 Å². The van der Waals surface area contributed by atoms with Crippen molar-refractivity contribution in [1.82, 2.24) is 0 Å². The summed E-state index contributed by atoms with van der Waals surface area (Å²) >= 11 is 0. The monoisotopic (exact) mass is 357 g/mol. The van der Waals surface area contributed by atoms with Gasteiger partial charge in [-0.1, -0.05) is 18.2 Å². The molecular formula is C19H19NO6. The maximum Gasteiger partial charge on any atom is 0.342 e. The van der Waals surface area contributed by atoms with Crippen molar-refractivity contribution in [2.75, 3.05) is 26.1 Å². The topological polar surface area (TPSA) is 90.9 Å². The lowest BCUT2D eigenvalue weighted by molar-refractivity contribution is -0.119. The lowest BCUT2D eigenvalue weighted by Crippen LogP contribution is -2.22. The third kappa shape index (κ3) is 4.38. The van der Waals surface area contributed by atoms with E-state index in [1.54, 1.807) is 36.4 Å². The van der Waals surface area contributed by atoms with Crippen molar-refractivity contribution in [2.24, 2.45) is 0 Å². The van der Waals surface area contributed by atoms with Gasteiger partial charge in [-0.05, 0) is 31.2 Å². The molecule has 0 atom stereocenters. The van der Waals surface area contributed by atoms with E-state index >= 15 is 0 Å². The number of anilines is 1. The van der Waals surface area contributed by atoms with Gasteiger partial charge in [-0.25, -0.2) is 4.79 Å².